The fraction of sp³-hybridized carbons (Fsp3) is 0.789. The van der Waals surface area contributed by atoms with E-state index in [0.717, 1.165) is 12.8 Å². The lowest BCUT2D eigenvalue weighted by Crippen LogP contribution is -2.65. The first kappa shape index (κ1) is 19.9. The zero-order chi connectivity index (χ0) is 16.7. The molecule has 128 valence electrons. The average Bonchev–Trinajstić information content (AvgIpc) is 2.44. The fourth-order valence-electron chi connectivity index (χ4n) is 3.52. The summed E-state index contributed by atoms with van der Waals surface area (Å²) >= 11 is 0. The van der Waals surface area contributed by atoms with Gasteiger partial charge in [0, 0.05) is 0 Å². The molecular weight excluding hydrogens is 300 g/mol. The van der Waals surface area contributed by atoms with Gasteiger partial charge in [0.2, 0.25) is 0 Å². The van der Waals surface area contributed by atoms with Gasteiger partial charge in [0.15, 0.2) is 7.83 Å². The Labute approximate surface area is 141 Å². The van der Waals surface area contributed by atoms with E-state index in [1.165, 1.54) is 51.0 Å². The number of unbranched alkanes of at least 4 members (excludes halogenated alkanes) is 4. The first-order chi connectivity index (χ1) is 10.3. The molecule has 0 amide bonds. The lowest BCUT2D eigenvalue weighted by Gasteiger charge is -2.52. The van der Waals surface area contributed by atoms with E-state index in [1.807, 2.05) is 12.2 Å². The summed E-state index contributed by atoms with van der Waals surface area (Å²) in [6, 6.07) is 1.47. The molecular formula is C19H38OSi2. The van der Waals surface area contributed by atoms with Gasteiger partial charge in [0.05, 0.1) is 13.2 Å². The van der Waals surface area contributed by atoms with Crippen LogP contribution in [0.4, 0.5) is 0 Å². The quantitative estimate of drug-likeness (QED) is 0.247. The molecule has 1 saturated heterocycles. The highest BCUT2D eigenvalue weighted by atomic mass is 29.3. The summed E-state index contributed by atoms with van der Waals surface area (Å²) in [6.07, 6.45) is 15.3. The van der Waals surface area contributed by atoms with Crippen molar-refractivity contribution in [2.75, 3.05) is 0 Å². The maximum atomic E-state index is 6.99. The Morgan fingerprint density at radius 1 is 0.909 bits per heavy atom. The van der Waals surface area contributed by atoms with Crippen molar-refractivity contribution < 1.29 is 4.43 Å². The van der Waals surface area contributed by atoms with Gasteiger partial charge in [-0.05, 0) is 58.0 Å². The van der Waals surface area contributed by atoms with Crippen LogP contribution in [0.1, 0.15) is 57.8 Å². The number of hydrogen-bond acceptors (Lipinski definition) is 1. The van der Waals surface area contributed by atoms with Crippen molar-refractivity contribution in [3.05, 3.63) is 25.3 Å². The van der Waals surface area contributed by atoms with Crippen LogP contribution in [-0.2, 0) is 4.43 Å². The first-order valence-electron chi connectivity index (χ1n) is 9.21. The molecule has 1 nitrogen and oxygen atoms in total. The molecule has 0 aromatic carbocycles. The molecule has 0 radical (unpaired) electrons. The van der Waals surface area contributed by atoms with Crippen LogP contribution in [0.2, 0.25) is 32.2 Å². The molecule has 0 unspecified atom stereocenters. The van der Waals surface area contributed by atoms with Gasteiger partial charge in [-0.25, -0.2) is 0 Å². The Morgan fingerprint density at radius 3 is 1.82 bits per heavy atom. The lowest BCUT2D eigenvalue weighted by molar-refractivity contribution is 0.0303. The van der Waals surface area contributed by atoms with E-state index < -0.39 is 15.4 Å². The van der Waals surface area contributed by atoms with Crippen LogP contribution in [0.25, 0.3) is 0 Å². The molecule has 22 heavy (non-hydrogen) atoms. The second kappa shape index (κ2) is 8.65. The third-order valence-corrected chi connectivity index (χ3v) is 22.4. The zero-order valence-electron chi connectivity index (χ0n) is 15.5. The molecule has 0 aromatic rings. The molecule has 0 N–H and O–H groups in total. The van der Waals surface area contributed by atoms with E-state index in [9.17, 15) is 0 Å². The second-order valence-corrected chi connectivity index (χ2v) is 23.4. The van der Waals surface area contributed by atoms with Gasteiger partial charge in [0.25, 0.3) is 0 Å². The molecule has 0 aromatic heterocycles. The van der Waals surface area contributed by atoms with Crippen molar-refractivity contribution in [3.63, 3.8) is 0 Å². The number of allylic oxidation sites excluding steroid dienone is 2. The molecule has 0 saturated carbocycles. The maximum absolute atomic E-state index is 6.99. The van der Waals surface area contributed by atoms with Crippen LogP contribution in [0, 0.1) is 0 Å². The minimum atomic E-state index is -1.49. The lowest BCUT2D eigenvalue weighted by atomic mass is 9.87. The predicted octanol–water partition coefficient (Wildman–Crippen LogP) is 6.63. The minimum absolute atomic E-state index is 0.195. The van der Waals surface area contributed by atoms with Crippen molar-refractivity contribution in [2.45, 2.75) is 95.6 Å². The van der Waals surface area contributed by atoms with Crippen molar-refractivity contribution in [1.82, 2.24) is 0 Å². The minimum Gasteiger partial charge on any atom is -0.415 e. The van der Waals surface area contributed by atoms with Crippen LogP contribution in [0.15, 0.2) is 25.3 Å². The molecule has 3 heteroatoms. The van der Waals surface area contributed by atoms with E-state index in [1.54, 1.807) is 0 Å². The summed E-state index contributed by atoms with van der Waals surface area (Å²) in [5, 5.41) is 0. The predicted molar refractivity (Wildman–Crippen MR) is 106 cm³/mol. The Balaban J connectivity index is 2.69. The third kappa shape index (κ3) is 5.50. The topological polar surface area (TPSA) is 9.23 Å². The number of rotatable bonds is 10. The Bertz CT molecular complexity index is 344. The highest BCUT2D eigenvalue weighted by molar-refractivity contribution is 7.38. The average molecular weight is 339 g/mol. The van der Waals surface area contributed by atoms with Gasteiger partial charge in [-0.3, -0.25) is 0 Å². The maximum Gasteiger partial charge on any atom is 0.174 e. The van der Waals surface area contributed by atoms with Gasteiger partial charge < -0.3 is 4.43 Å². The molecule has 1 aliphatic rings. The monoisotopic (exact) mass is 338 g/mol. The standard InChI is InChI=1S/C19H38OSi2/c1-7-9-11-13-15-19(16-14-12-10-8-2)17-18-21(3,4)22(5,6)20-19/h7-8H,1-2,9-18H2,3-6H3. The van der Waals surface area contributed by atoms with Gasteiger partial charge >= 0.3 is 0 Å². The molecule has 1 rings (SSSR count). The van der Waals surface area contributed by atoms with Crippen LogP contribution < -0.4 is 0 Å². The zero-order valence-corrected chi connectivity index (χ0v) is 17.5. The van der Waals surface area contributed by atoms with Crippen molar-refractivity contribution in [1.29, 1.82) is 0 Å². The van der Waals surface area contributed by atoms with Crippen LogP contribution in [0.5, 0.6) is 0 Å². The molecule has 1 fully saturated rings. The van der Waals surface area contributed by atoms with Gasteiger partial charge in [-0.2, -0.15) is 0 Å². The molecule has 0 aliphatic carbocycles. The van der Waals surface area contributed by atoms with Crippen molar-refractivity contribution in [2.24, 2.45) is 0 Å². The van der Waals surface area contributed by atoms with Gasteiger partial charge in [-0.1, -0.05) is 44.1 Å². The molecule has 0 spiro atoms. The highest BCUT2D eigenvalue weighted by Crippen LogP contribution is 2.44. The molecule has 1 aliphatic heterocycles. The summed E-state index contributed by atoms with van der Waals surface area (Å²) in [5.41, 5.74) is 0.195. The summed E-state index contributed by atoms with van der Waals surface area (Å²) in [6.45, 7) is 17.8. The summed E-state index contributed by atoms with van der Waals surface area (Å²) in [7, 11) is -2.62. The Hall–Kier alpha value is -0.126. The largest absolute Gasteiger partial charge is 0.415 e. The molecule has 0 bridgehead atoms. The summed E-state index contributed by atoms with van der Waals surface area (Å²) in [4.78, 5) is 0. The van der Waals surface area contributed by atoms with E-state index in [2.05, 4.69) is 39.3 Å². The van der Waals surface area contributed by atoms with Crippen molar-refractivity contribution >= 4 is 15.4 Å². The van der Waals surface area contributed by atoms with E-state index in [4.69, 9.17) is 4.43 Å². The first-order valence-corrected chi connectivity index (χ1v) is 16.3. The van der Waals surface area contributed by atoms with Crippen LogP contribution >= 0.6 is 0 Å². The van der Waals surface area contributed by atoms with Crippen LogP contribution in [-0.4, -0.2) is 21.0 Å². The Kier molecular flexibility index (Phi) is 7.83. The van der Waals surface area contributed by atoms with Gasteiger partial charge in [0.1, 0.15) is 0 Å². The Morgan fingerprint density at radius 2 is 1.41 bits per heavy atom. The smallest absolute Gasteiger partial charge is 0.174 e. The highest BCUT2D eigenvalue weighted by Gasteiger charge is 2.52. The normalized spacial score (nSPS) is 22.2. The summed E-state index contributed by atoms with van der Waals surface area (Å²) in [5.74, 6) is 0. The van der Waals surface area contributed by atoms with Crippen LogP contribution in [0.3, 0.4) is 0 Å². The number of hydrogen-bond donors (Lipinski definition) is 0. The fourth-order valence-corrected chi connectivity index (χ4v) is 10.5. The second-order valence-electron chi connectivity index (χ2n) is 8.25. The SMILES string of the molecule is C=CCCCCC1(CCCCC=C)CC[Si](C)(C)[Si](C)(C)O1. The van der Waals surface area contributed by atoms with E-state index in [0.29, 0.717) is 0 Å². The van der Waals surface area contributed by atoms with E-state index in [-0.39, 0.29) is 5.60 Å². The third-order valence-electron chi connectivity index (χ3n) is 5.89. The molecule has 0 atom stereocenters. The molecule has 1 heterocycles. The van der Waals surface area contributed by atoms with E-state index >= 15 is 0 Å². The van der Waals surface area contributed by atoms with Crippen molar-refractivity contribution in [3.8, 4) is 0 Å². The summed E-state index contributed by atoms with van der Waals surface area (Å²) < 4.78 is 6.99. The van der Waals surface area contributed by atoms with Gasteiger partial charge in [-0.15, -0.1) is 13.2 Å².